The topological polar surface area (TPSA) is 75.1 Å². The van der Waals surface area contributed by atoms with Gasteiger partial charge in [0.15, 0.2) is 5.96 Å². The number of hydrogen-bond acceptors (Lipinski definition) is 4. The highest BCUT2D eigenvalue weighted by molar-refractivity contribution is 5.79. The molecule has 0 saturated carbocycles. The summed E-state index contributed by atoms with van der Waals surface area (Å²) in [5, 5.41) is 15.4. The molecule has 3 N–H and O–H groups in total. The molecule has 1 aliphatic rings. The van der Waals surface area contributed by atoms with Crippen LogP contribution in [0, 0.1) is 5.41 Å². The Kier molecular flexibility index (Phi) is 8.64. The number of hydrogen-bond donors (Lipinski definition) is 3. The van der Waals surface area contributed by atoms with Gasteiger partial charge in [0.1, 0.15) is 6.61 Å². The monoisotopic (exact) mass is 341 g/mol. The van der Waals surface area contributed by atoms with Crippen LogP contribution in [0.5, 0.6) is 0 Å². The van der Waals surface area contributed by atoms with E-state index in [1.165, 1.54) is 0 Å². The summed E-state index contributed by atoms with van der Waals surface area (Å²) in [5.74, 6) is 0.574. The molecule has 0 spiro atoms. The van der Waals surface area contributed by atoms with Crippen LogP contribution in [-0.4, -0.2) is 70.4 Å². The smallest absolute Gasteiger partial charge is 0.396 e. The molecule has 23 heavy (non-hydrogen) atoms. The van der Waals surface area contributed by atoms with Gasteiger partial charge in [0.05, 0.1) is 6.61 Å². The van der Waals surface area contributed by atoms with Crippen molar-refractivity contribution in [1.82, 2.24) is 10.6 Å². The van der Waals surface area contributed by atoms with Crippen molar-refractivity contribution in [1.29, 1.82) is 0 Å². The van der Waals surface area contributed by atoms with Gasteiger partial charge in [-0.15, -0.1) is 0 Å². The number of alkyl halides is 3. The van der Waals surface area contributed by atoms with Gasteiger partial charge in [-0.25, -0.2) is 0 Å². The highest BCUT2D eigenvalue weighted by Gasteiger charge is 2.34. The zero-order valence-corrected chi connectivity index (χ0v) is 13.4. The van der Waals surface area contributed by atoms with E-state index in [9.17, 15) is 18.3 Å². The average molecular weight is 341 g/mol. The van der Waals surface area contributed by atoms with Crippen molar-refractivity contribution in [2.75, 3.05) is 53.2 Å². The number of halogens is 3. The number of guanidine groups is 1. The van der Waals surface area contributed by atoms with Gasteiger partial charge in [0.25, 0.3) is 0 Å². The van der Waals surface area contributed by atoms with E-state index in [0.29, 0.717) is 45.1 Å². The molecule has 1 rings (SSSR count). The molecule has 1 heterocycles. The highest BCUT2D eigenvalue weighted by Crippen LogP contribution is 2.31. The van der Waals surface area contributed by atoms with E-state index in [-0.39, 0.29) is 18.6 Å². The average Bonchev–Trinajstić information content (AvgIpc) is 2.94. The molecule has 1 unspecified atom stereocenters. The van der Waals surface area contributed by atoms with Crippen LogP contribution in [0.3, 0.4) is 0 Å². The highest BCUT2D eigenvalue weighted by atomic mass is 19.4. The maximum atomic E-state index is 11.9. The summed E-state index contributed by atoms with van der Waals surface area (Å²) in [4.78, 5) is 4.07. The minimum Gasteiger partial charge on any atom is -0.396 e. The van der Waals surface area contributed by atoms with Gasteiger partial charge < -0.3 is 25.2 Å². The summed E-state index contributed by atoms with van der Waals surface area (Å²) in [5.41, 5.74) is -0.0950. The Morgan fingerprint density at radius 2 is 2.17 bits per heavy atom. The van der Waals surface area contributed by atoms with Crippen LogP contribution in [0.1, 0.15) is 19.3 Å². The predicted molar refractivity (Wildman–Crippen MR) is 80.4 cm³/mol. The molecule has 0 aromatic heterocycles. The molecule has 0 aromatic rings. The van der Waals surface area contributed by atoms with Crippen LogP contribution >= 0.6 is 0 Å². The first-order chi connectivity index (χ1) is 10.9. The van der Waals surface area contributed by atoms with Crippen LogP contribution in [0.4, 0.5) is 13.2 Å². The Hall–Kier alpha value is -1.06. The van der Waals surface area contributed by atoms with Crippen molar-refractivity contribution in [2.24, 2.45) is 10.4 Å². The van der Waals surface area contributed by atoms with E-state index >= 15 is 0 Å². The number of aliphatic hydroxyl groups excluding tert-OH is 1. The summed E-state index contributed by atoms with van der Waals surface area (Å²) in [6.45, 7) is 1.29. The Labute approximate surface area is 134 Å². The van der Waals surface area contributed by atoms with Crippen LogP contribution in [-0.2, 0) is 9.47 Å². The fourth-order valence-electron chi connectivity index (χ4n) is 2.37. The summed E-state index contributed by atoms with van der Waals surface area (Å²) < 4.78 is 45.6. The molecule has 0 aliphatic carbocycles. The van der Waals surface area contributed by atoms with Crippen LogP contribution in [0.25, 0.3) is 0 Å². The van der Waals surface area contributed by atoms with Gasteiger partial charge in [-0.2, -0.15) is 13.2 Å². The van der Waals surface area contributed by atoms with Crippen molar-refractivity contribution in [3.63, 3.8) is 0 Å². The third-order valence-corrected chi connectivity index (χ3v) is 3.71. The molecule has 0 amide bonds. The molecule has 1 fully saturated rings. The van der Waals surface area contributed by atoms with E-state index in [2.05, 4.69) is 20.4 Å². The normalized spacial score (nSPS) is 22.4. The number of aliphatic hydroxyl groups is 1. The van der Waals surface area contributed by atoms with Gasteiger partial charge in [0, 0.05) is 45.4 Å². The maximum absolute atomic E-state index is 11.9. The molecule has 0 aromatic carbocycles. The molecule has 0 radical (unpaired) electrons. The van der Waals surface area contributed by atoms with Crippen molar-refractivity contribution in [3.8, 4) is 0 Å². The van der Waals surface area contributed by atoms with Crippen molar-refractivity contribution >= 4 is 5.96 Å². The lowest BCUT2D eigenvalue weighted by molar-refractivity contribution is -0.173. The van der Waals surface area contributed by atoms with E-state index in [4.69, 9.17) is 4.74 Å². The van der Waals surface area contributed by atoms with Gasteiger partial charge in [-0.1, -0.05) is 0 Å². The summed E-state index contributed by atoms with van der Waals surface area (Å²) in [6, 6.07) is 0. The van der Waals surface area contributed by atoms with Crippen molar-refractivity contribution in [3.05, 3.63) is 0 Å². The Morgan fingerprint density at radius 3 is 2.74 bits per heavy atom. The van der Waals surface area contributed by atoms with Crippen molar-refractivity contribution < 1.29 is 27.8 Å². The van der Waals surface area contributed by atoms with Crippen LogP contribution in [0.2, 0.25) is 0 Å². The first-order valence-corrected chi connectivity index (χ1v) is 7.68. The third kappa shape index (κ3) is 8.38. The van der Waals surface area contributed by atoms with E-state index in [1.54, 1.807) is 7.05 Å². The molecular formula is C14H26F3N3O3. The summed E-state index contributed by atoms with van der Waals surface area (Å²) in [7, 11) is 1.62. The number of rotatable bonds is 9. The van der Waals surface area contributed by atoms with Gasteiger partial charge >= 0.3 is 6.18 Å². The quantitative estimate of drug-likeness (QED) is 0.330. The van der Waals surface area contributed by atoms with Crippen molar-refractivity contribution in [2.45, 2.75) is 25.4 Å². The molecule has 136 valence electrons. The number of nitrogens with one attached hydrogen (secondary N) is 2. The second-order valence-electron chi connectivity index (χ2n) is 5.65. The predicted octanol–water partition coefficient (Wildman–Crippen LogP) is 0.909. The fourth-order valence-corrected chi connectivity index (χ4v) is 2.37. The van der Waals surface area contributed by atoms with E-state index < -0.39 is 12.8 Å². The van der Waals surface area contributed by atoms with E-state index in [0.717, 1.165) is 6.42 Å². The minimum absolute atomic E-state index is 0.0335. The molecule has 1 atom stereocenters. The number of ether oxygens (including phenoxy) is 2. The second-order valence-corrected chi connectivity index (χ2v) is 5.65. The molecule has 6 nitrogen and oxygen atoms in total. The number of aliphatic imine (C=N–C) groups is 1. The Balaban J connectivity index is 2.19. The zero-order chi connectivity index (χ0) is 17.2. The first kappa shape index (κ1) is 20.0. The fraction of sp³-hybridized carbons (Fsp3) is 0.929. The lowest BCUT2D eigenvalue weighted by Gasteiger charge is -2.27. The van der Waals surface area contributed by atoms with Gasteiger partial charge in [-0.05, 0) is 19.3 Å². The lowest BCUT2D eigenvalue weighted by Crippen LogP contribution is -2.44. The maximum Gasteiger partial charge on any atom is 0.411 e. The first-order valence-electron chi connectivity index (χ1n) is 7.68. The molecule has 9 heteroatoms. The largest absolute Gasteiger partial charge is 0.411 e. The molecule has 0 bridgehead atoms. The molecular weight excluding hydrogens is 315 g/mol. The summed E-state index contributed by atoms with van der Waals surface area (Å²) >= 11 is 0. The second kappa shape index (κ2) is 9.94. The minimum atomic E-state index is -4.28. The van der Waals surface area contributed by atoms with Crippen LogP contribution in [0.15, 0.2) is 4.99 Å². The Morgan fingerprint density at radius 1 is 1.39 bits per heavy atom. The summed E-state index contributed by atoms with van der Waals surface area (Å²) in [6.07, 6.45) is -2.30. The zero-order valence-electron chi connectivity index (χ0n) is 13.4. The SMILES string of the molecule is CN=C(NCCCOCC(F)(F)F)NCC1(CCO)CCOC1. The molecule has 1 aliphatic heterocycles. The van der Waals surface area contributed by atoms with E-state index in [1.807, 2.05) is 0 Å². The van der Waals surface area contributed by atoms with Crippen LogP contribution < -0.4 is 10.6 Å². The van der Waals surface area contributed by atoms with Gasteiger partial charge in [0.2, 0.25) is 0 Å². The van der Waals surface area contributed by atoms with Gasteiger partial charge in [-0.3, -0.25) is 4.99 Å². The third-order valence-electron chi connectivity index (χ3n) is 3.71. The standard InChI is InChI=1S/C14H26F3N3O3/c1-18-12(19-5-2-7-22-11-14(15,16)17)20-9-13(3-6-21)4-8-23-10-13/h21H,2-11H2,1H3,(H2,18,19,20). The molecule has 1 saturated heterocycles. The lowest BCUT2D eigenvalue weighted by atomic mass is 9.84. The number of nitrogens with zero attached hydrogens (tertiary/aromatic N) is 1. The Bertz CT molecular complexity index is 359.